The summed E-state index contributed by atoms with van der Waals surface area (Å²) < 4.78 is 19.3. The molecule has 0 aliphatic carbocycles. The summed E-state index contributed by atoms with van der Waals surface area (Å²) in [5.74, 6) is 5.49. The monoisotopic (exact) mass is 288 g/mol. The van der Waals surface area contributed by atoms with Crippen molar-refractivity contribution in [1.29, 1.82) is 0 Å². The fourth-order valence-electron chi connectivity index (χ4n) is 2.44. The van der Waals surface area contributed by atoms with Gasteiger partial charge >= 0.3 is 0 Å². The summed E-state index contributed by atoms with van der Waals surface area (Å²) in [6.07, 6.45) is 2.63. The predicted octanol–water partition coefficient (Wildman–Crippen LogP) is 3.36. The molecule has 0 aliphatic rings. The highest BCUT2D eigenvalue weighted by molar-refractivity contribution is 5.33. The quantitative estimate of drug-likeness (QED) is 0.606. The summed E-state index contributed by atoms with van der Waals surface area (Å²) >= 11 is 0. The number of aryl methyl sites for hydroxylation is 1. The molecule has 0 fully saturated rings. The summed E-state index contributed by atoms with van der Waals surface area (Å²) in [6.45, 7) is 0. The largest absolute Gasteiger partial charge is 0.494 e. The van der Waals surface area contributed by atoms with E-state index in [2.05, 4.69) is 17.6 Å². The van der Waals surface area contributed by atoms with Crippen LogP contribution >= 0.6 is 0 Å². The Labute approximate surface area is 124 Å². The third kappa shape index (κ3) is 4.03. The third-order valence-electron chi connectivity index (χ3n) is 3.59. The van der Waals surface area contributed by atoms with E-state index in [-0.39, 0.29) is 17.6 Å². The molecule has 0 saturated carbocycles. The molecule has 0 radical (unpaired) electrons. The van der Waals surface area contributed by atoms with Gasteiger partial charge in [0.25, 0.3) is 0 Å². The molecule has 0 amide bonds. The Kier molecular flexibility index (Phi) is 5.72. The van der Waals surface area contributed by atoms with Crippen LogP contribution in [0.2, 0.25) is 0 Å². The number of methoxy groups -OCH3 is 1. The predicted molar refractivity (Wildman–Crippen MR) is 82.4 cm³/mol. The SMILES string of the molecule is COc1cccc(C(CCCc2ccccc2)NN)c1F. The molecule has 3 N–H and O–H groups in total. The Balaban J connectivity index is 2.00. The lowest BCUT2D eigenvalue weighted by atomic mass is 9.99. The minimum atomic E-state index is -0.345. The van der Waals surface area contributed by atoms with Crippen LogP contribution in [0.15, 0.2) is 48.5 Å². The lowest BCUT2D eigenvalue weighted by Crippen LogP contribution is -2.28. The molecule has 4 heteroatoms. The fourth-order valence-corrected chi connectivity index (χ4v) is 2.44. The summed E-state index contributed by atoms with van der Waals surface area (Å²) in [5.41, 5.74) is 4.52. The maximum Gasteiger partial charge on any atom is 0.169 e. The van der Waals surface area contributed by atoms with Crippen molar-refractivity contribution < 1.29 is 9.13 Å². The minimum Gasteiger partial charge on any atom is -0.494 e. The Morgan fingerprint density at radius 3 is 2.57 bits per heavy atom. The van der Waals surface area contributed by atoms with Gasteiger partial charge in [0.15, 0.2) is 11.6 Å². The van der Waals surface area contributed by atoms with Crippen molar-refractivity contribution in [2.75, 3.05) is 7.11 Å². The van der Waals surface area contributed by atoms with E-state index in [9.17, 15) is 4.39 Å². The Morgan fingerprint density at radius 1 is 1.14 bits per heavy atom. The van der Waals surface area contributed by atoms with Crippen molar-refractivity contribution in [2.24, 2.45) is 5.84 Å². The van der Waals surface area contributed by atoms with Gasteiger partial charge in [-0.2, -0.15) is 0 Å². The van der Waals surface area contributed by atoms with E-state index in [0.29, 0.717) is 5.56 Å². The van der Waals surface area contributed by atoms with Gasteiger partial charge in [-0.1, -0.05) is 42.5 Å². The van der Waals surface area contributed by atoms with Crippen molar-refractivity contribution >= 4 is 0 Å². The summed E-state index contributed by atoms with van der Waals surface area (Å²) in [4.78, 5) is 0. The first kappa shape index (κ1) is 15.5. The van der Waals surface area contributed by atoms with Crippen LogP contribution in [0.3, 0.4) is 0 Å². The Hall–Kier alpha value is -1.91. The van der Waals surface area contributed by atoms with Gasteiger partial charge in [-0.25, -0.2) is 4.39 Å². The third-order valence-corrected chi connectivity index (χ3v) is 3.59. The zero-order chi connectivity index (χ0) is 15.1. The molecule has 0 aromatic heterocycles. The molecule has 3 nitrogen and oxygen atoms in total. The standard InChI is InChI=1S/C17H21FN2O/c1-21-16-12-6-10-14(17(16)18)15(20-19)11-5-9-13-7-3-2-4-8-13/h2-4,6-8,10,12,15,20H,5,9,11,19H2,1H3. The highest BCUT2D eigenvalue weighted by atomic mass is 19.1. The molecular weight excluding hydrogens is 267 g/mol. The van der Waals surface area contributed by atoms with E-state index < -0.39 is 0 Å². The normalized spacial score (nSPS) is 12.1. The van der Waals surface area contributed by atoms with Crippen LogP contribution < -0.4 is 16.0 Å². The van der Waals surface area contributed by atoms with Gasteiger partial charge in [0.05, 0.1) is 7.11 Å². The van der Waals surface area contributed by atoms with Crippen LogP contribution in [-0.4, -0.2) is 7.11 Å². The number of rotatable bonds is 7. The molecule has 1 unspecified atom stereocenters. The van der Waals surface area contributed by atoms with E-state index in [1.165, 1.54) is 12.7 Å². The van der Waals surface area contributed by atoms with Crippen LogP contribution in [0.1, 0.15) is 30.0 Å². The van der Waals surface area contributed by atoms with Crippen LogP contribution in [-0.2, 0) is 6.42 Å². The minimum absolute atomic E-state index is 0.219. The molecule has 0 aliphatic heterocycles. The number of nitrogens with two attached hydrogens (primary N) is 1. The molecule has 0 heterocycles. The van der Waals surface area contributed by atoms with E-state index >= 15 is 0 Å². The fraction of sp³-hybridized carbons (Fsp3) is 0.294. The first-order valence-electron chi connectivity index (χ1n) is 7.08. The topological polar surface area (TPSA) is 47.3 Å². The molecular formula is C17H21FN2O. The molecule has 21 heavy (non-hydrogen) atoms. The van der Waals surface area contributed by atoms with Gasteiger partial charge in [-0.05, 0) is 30.9 Å². The molecule has 0 bridgehead atoms. The lowest BCUT2D eigenvalue weighted by molar-refractivity contribution is 0.377. The first-order valence-corrected chi connectivity index (χ1v) is 7.08. The van der Waals surface area contributed by atoms with E-state index in [1.54, 1.807) is 18.2 Å². The van der Waals surface area contributed by atoms with Crippen molar-refractivity contribution in [2.45, 2.75) is 25.3 Å². The second kappa shape index (κ2) is 7.76. The maximum atomic E-state index is 14.2. The second-order valence-corrected chi connectivity index (χ2v) is 4.96. The van der Waals surface area contributed by atoms with Gasteiger partial charge in [-0.15, -0.1) is 0 Å². The first-order chi connectivity index (χ1) is 10.3. The van der Waals surface area contributed by atoms with E-state index in [4.69, 9.17) is 10.6 Å². The molecule has 112 valence electrons. The van der Waals surface area contributed by atoms with Crippen molar-refractivity contribution in [3.05, 3.63) is 65.5 Å². The Morgan fingerprint density at radius 2 is 1.90 bits per heavy atom. The number of halogens is 1. The molecule has 0 saturated heterocycles. The van der Waals surface area contributed by atoms with Gasteiger partial charge in [0.2, 0.25) is 0 Å². The average molecular weight is 288 g/mol. The van der Waals surface area contributed by atoms with Gasteiger partial charge < -0.3 is 4.74 Å². The number of nitrogens with one attached hydrogen (secondary N) is 1. The number of hydrazine groups is 1. The van der Waals surface area contributed by atoms with Crippen LogP contribution in [0, 0.1) is 5.82 Å². The molecule has 2 aromatic rings. The zero-order valence-electron chi connectivity index (χ0n) is 12.2. The van der Waals surface area contributed by atoms with Crippen molar-refractivity contribution in [1.82, 2.24) is 5.43 Å². The van der Waals surface area contributed by atoms with E-state index in [1.807, 2.05) is 18.2 Å². The molecule has 2 aromatic carbocycles. The van der Waals surface area contributed by atoms with Crippen LogP contribution in [0.25, 0.3) is 0 Å². The van der Waals surface area contributed by atoms with Gasteiger partial charge in [0.1, 0.15) is 0 Å². The van der Waals surface area contributed by atoms with Crippen molar-refractivity contribution in [3.63, 3.8) is 0 Å². The summed E-state index contributed by atoms with van der Waals surface area (Å²) in [5, 5.41) is 0. The maximum absolute atomic E-state index is 14.2. The lowest BCUT2D eigenvalue weighted by Gasteiger charge is -2.18. The Bertz CT molecular complexity index is 560. The number of benzene rings is 2. The van der Waals surface area contributed by atoms with Crippen molar-refractivity contribution in [3.8, 4) is 5.75 Å². The van der Waals surface area contributed by atoms with Gasteiger partial charge in [-0.3, -0.25) is 11.3 Å². The zero-order valence-corrected chi connectivity index (χ0v) is 12.2. The number of hydrogen-bond donors (Lipinski definition) is 2. The molecule has 1 atom stereocenters. The number of ether oxygens (including phenoxy) is 1. The highest BCUT2D eigenvalue weighted by Crippen LogP contribution is 2.27. The second-order valence-electron chi connectivity index (χ2n) is 4.96. The van der Waals surface area contributed by atoms with Crippen LogP contribution in [0.4, 0.5) is 4.39 Å². The summed E-state index contributed by atoms with van der Waals surface area (Å²) in [7, 11) is 1.46. The van der Waals surface area contributed by atoms with E-state index in [0.717, 1.165) is 19.3 Å². The highest BCUT2D eigenvalue weighted by Gasteiger charge is 2.17. The van der Waals surface area contributed by atoms with Gasteiger partial charge in [0, 0.05) is 11.6 Å². The number of hydrogen-bond acceptors (Lipinski definition) is 3. The smallest absolute Gasteiger partial charge is 0.169 e. The average Bonchev–Trinajstić information content (AvgIpc) is 2.53. The summed E-state index contributed by atoms with van der Waals surface area (Å²) in [6, 6.07) is 15.1. The molecule has 0 spiro atoms. The molecule has 2 rings (SSSR count). The van der Waals surface area contributed by atoms with Crippen LogP contribution in [0.5, 0.6) is 5.75 Å².